The van der Waals surface area contributed by atoms with Crippen LogP contribution in [0.3, 0.4) is 0 Å². The molecule has 1 aromatic rings. The maximum atomic E-state index is 11.6. The van der Waals surface area contributed by atoms with Crippen molar-refractivity contribution >= 4 is 39.3 Å². The summed E-state index contributed by atoms with van der Waals surface area (Å²) >= 11 is 0.950. The Morgan fingerprint density at radius 1 is 1.35 bits per heavy atom. The zero-order valence-electron chi connectivity index (χ0n) is 10.6. The Bertz CT molecular complexity index is 628. The van der Waals surface area contributed by atoms with Crippen LogP contribution in [0.1, 0.15) is 5.56 Å². The van der Waals surface area contributed by atoms with Crippen LogP contribution < -0.4 is 10.5 Å². The van der Waals surface area contributed by atoms with Gasteiger partial charge >= 0.3 is 5.97 Å². The third kappa shape index (κ3) is 4.83. The highest BCUT2D eigenvalue weighted by Crippen LogP contribution is 2.22. The monoisotopic (exact) mass is 318 g/mol. The van der Waals surface area contributed by atoms with Crippen molar-refractivity contribution in [1.82, 2.24) is 0 Å². The van der Waals surface area contributed by atoms with Gasteiger partial charge in [0.25, 0.3) is 0 Å². The first-order valence-electron chi connectivity index (χ1n) is 5.43. The van der Waals surface area contributed by atoms with Crippen molar-refractivity contribution in [3.05, 3.63) is 23.8 Å². The van der Waals surface area contributed by atoms with E-state index in [1.165, 1.54) is 19.1 Å². The number of amides is 1. The Hall–Kier alpha value is -1.58. The molecule has 0 aliphatic rings. The summed E-state index contributed by atoms with van der Waals surface area (Å²) in [7, 11) is -3.85. The summed E-state index contributed by atoms with van der Waals surface area (Å²) in [6.07, 6.45) is 0. The molecule has 9 heteroatoms. The van der Waals surface area contributed by atoms with Crippen LogP contribution in [0.25, 0.3) is 0 Å². The number of sulfonamides is 1. The predicted octanol–water partition coefficient (Wildman–Crippen LogP) is 0.399. The molecule has 0 aromatic heterocycles. The molecule has 0 atom stereocenters. The van der Waals surface area contributed by atoms with Crippen LogP contribution >= 0.6 is 11.8 Å². The van der Waals surface area contributed by atoms with Gasteiger partial charge in [0, 0.05) is 5.69 Å². The number of carbonyl (C=O) groups is 2. The quantitative estimate of drug-likeness (QED) is 0.697. The molecule has 20 heavy (non-hydrogen) atoms. The Labute approximate surface area is 120 Å². The molecule has 4 N–H and O–H groups in total. The maximum Gasteiger partial charge on any atom is 0.313 e. The molecule has 0 unspecified atom stereocenters. The van der Waals surface area contributed by atoms with Crippen LogP contribution in [0.4, 0.5) is 5.69 Å². The van der Waals surface area contributed by atoms with Crippen LogP contribution in [0.15, 0.2) is 23.1 Å². The van der Waals surface area contributed by atoms with Crippen molar-refractivity contribution in [2.24, 2.45) is 5.14 Å². The van der Waals surface area contributed by atoms with Crippen LogP contribution in [0.5, 0.6) is 0 Å². The SMILES string of the molecule is Cc1c(NC(=O)CSCC(=O)O)cccc1S(N)(=O)=O. The topological polar surface area (TPSA) is 127 Å². The first kappa shape index (κ1) is 16.5. The number of primary sulfonamides is 1. The molecule has 0 radical (unpaired) electrons. The molecule has 0 heterocycles. The second-order valence-electron chi connectivity index (χ2n) is 3.91. The first-order valence-corrected chi connectivity index (χ1v) is 8.13. The minimum atomic E-state index is -3.85. The molecule has 1 amide bonds. The Kier molecular flexibility index (Phi) is 5.54. The van der Waals surface area contributed by atoms with Crippen molar-refractivity contribution in [3.8, 4) is 0 Å². The lowest BCUT2D eigenvalue weighted by molar-refractivity contribution is -0.133. The van der Waals surface area contributed by atoms with Crippen molar-refractivity contribution in [2.45, 2.75) is 11.8 Å². The van der Waals surface area contributed by atoms with Gasteiger partial charge in [0.05, 0.1) is 16.4 Å². The number of carbonyl (C=O) groups excluding carboxylic acids is 1. The molecule has 0 spiro atoms. The molecule has 0 aliphatic carbocycles. The molecule has 110 valence electrons. The number of anilines is 1. The molecule has 0 aliphatic heterocycles. The highest BCUT2D eigenvalue weighted by atomic mass is 32.2. The molecular formula is C11H14N2O5S2. The zero-order chi connectivity index (χ0) is 15.3. The van der Waals surface area contributed by atoms with Crippen molar-refractivity contribution < 1.29 is 23.1 Å². The Morgan fingerprint density at radius 2 is 2.00 bits per heavy atom. The fourth-order valence-electron chi connectivity index (χ4n) is 1.48. The van der Waals surface area contributed by atoms with Crippen LogP contribution in [0, 0.1) is 6.92 Å². The van der Waals surface area contributed by atoms with E-state index in [1.807, 2.05) is 0 Å². The number of rotatable bonds is 6. The summed E-state index contributed by atoms with van der Waals surface area (Å²) in [6, 6.07) is 4.36. The number of hydrogen-bond acceptors (Lipinski definition) is 5. The first-order chi connectivity index (χ1) is 9.21. The van der Waals surface area contributed by atoms with E-state index in [1.54, 1.807) is 6.07 Å². The number of benzene rings is 1. The molecular weight excluding hydrogens is 304 g/mol. The van der Waals surface area contributed by atoms with E-state index < -0.39 is 21.9 Å². The standard InChI is InChI=1S/C11H14N2O5S2/c1-7-8(3-2-4-9(7)20(12,17)18)13-10(14)5-19-6-11(15)16/h2-4H,5-6H2,1H3,(H,13,14)(H,15,16)(H2,12,17,18). The van der Waals surface area contributed by atoms with Crippen LogP contribution in [0.2, 0.25) is 0 Å². The average molecular weight is 318 g/mol. The third-order valence-electron chi connectivity index (χ3n) is 2.32. The van der Waals surface area contributed by atoms with Crippen LogP contribution in [-0.4, -0.2) is 36.9 Å². The number of nitrogens with two attached hydrogens (primary N) is 1. The number of thioether (sulfide) groups is 1. The molecule has 1 rings (SSSR count). The van der Waals surface area contributed by atoms with Gasteiger partial charge in [-0.25, -0.2) is 13.6 Å². The smallest absolute Gasteiger partial charge is 0.313 e. The van der Waals surface area contributed by atoms with E-state index in [0.717, 1.165) is 11.8 Å². The van der Waals surface area contributed by atoms with Crippen molar-refractivity contribution in [3.63, 3.8) is 0 Å². The van der Waals surface area contributed by atoms with Gasteiger partial charge in [0.15, 0.2) is 0 Å². The van der Waals surface area contributed by atoms with Gasteiger partial charge in [0.2, 0.25) is 15.9 Å². The zero-order valence-corrected chi connectivity index (χ0v) is 12.3. The molecule has 0 bridgehead atoms. The summed E-state index contributed by atoms with van der Waals surface area (Å²) in [4.78, 5) is 21.9. The Morgan fingerprint density at radius 3 is 2.55 bits per heavy atom. The molecule has 0 fully saturated rings. The van der Waals surface area contributed by atoms with Crippen LogP contribution in [-0.2, 0) is 19.6 Å². The summed E-state index contributed by atoms with van der Waals surface area (Å²) < 4.78 is 22.7. The summed E-state index contributed by atoms with van der Waals surface area (Å²) in [5.41, 5.74) is 0.670. The lowest BCUT2D eigenvalue weighted by Crippen LogP contribution is -2.18. The second-order valence-corrected chi connectivity index (χ2v) is 6.42. The third-order valence-corrected chi connectivity index (χ3v) is 4.30. The van der Waals surface area contributed by atoms with Crippen molar-refractivity contribution in [2.75, 3.05) is 16.8 Å². The van der Waals surface area contributed by atoms with E-state index >= 15 is 0 Å². The highest BCUT2D eigenvalue weighted by molar-refractivity contribution is 8.00. The summed E-state index contributed by atoms with van der Waals surface area (Å²) in [6.45, 7) is 1.53. The fourth-order valence-corrected chi connectivity index (χ4v) is 2.81. The summed E-state index contributed by atoms with van der Waals surface area (Å²) in [5.74, 6) is -1.63. The van der Waals surface area contributed by atoms with E-state index in [4.69, 9.17) is 10.2 Å². The van der Waals surface area contributed by atoms with Gasteiger partial charge < -0.3 is 10.4 Å². The maximum absolute atomic E-state index is 11.6. The van der Waals surface area contributed by atoms with Gasteiger partial charge in [-0.1, -0.05) is 6.07 Å². The molecule has 1 aromatic carbocycles. The minimum Gasteiger partial charge on any atom is -0.481 e. The van der Waals surface area contributed by atoms with Gasteiger partial charge in [-0.2, -0.15) is 0 Å². The normalized spacial score (nSPS) is 11.1. The lowest BCUT2D eigenvalue weighted by atomic mass is 10.2. The second kappa shape index (κ2) is 6.73. The average Bonchev–Trinajstić information content (AvgIpc) is 2.29. The van der Waals surface area contributed by atoms with E-state index in [0.29, 0.717) is 11.3 Å². The fraction of sp³-hybridized carbons (Fsp3) is 0.273. The van der Waals surface area contributed by atoms with Crippen molar-refractivity contribution in [1.29, 1.82) is 0 Å². The number of carboxylic acid groups (broad SMARTS) is 1. The molecule has 0 saturated heterocycles. The number of carboxylic acids is 1. The van der Waals surface area contributed by atoms with E-state index in [2.05, 4.69) is 5.32 Å². The van der Waals surface area contributed by atoms with E-state index in [-0.39, 0.29) is 16.4 Å². The summed E-state index contributed by atoms with van der Waals surface area (Å²) in [5, 5.41) is 16.0. The minimum absolute atomic E-state index is 0.0364. The van der Waals surface area contributed by atoms with Gasteiger partial charge in [-0.15, -0.1) is 11.8 Å². The van der Waals surface area contributed by atoms with Gasteiger partial charge in [-0.05, 0) is 24.6 Å². The highest BCUT2D eigenvalue weighted by Gasteiger charge is 2.15. The van der Waals surface area contributed by atoms with Gasteiger partial charge in [0.1, 0.15) is 0 Å². The number of aliphatic carboxylic acids is 1. The Balaban J connectivity index is 2.79. The van der Waals surface area contributed by atoms with E-state index in [9.17, 15) is 18.0 Å². The molecule has 7 nitrogen and oxygen atoms in total. The predicted molar refractivity (Wildman–Crippen MR) is 76.1 cm³/mol. The number of hydrogen-bond donors (Lipinski definition) is 3. The lowest BCUT2D eigenvalue weighted by Gasteiger charge is -2.11. The number of nitrogens with one attached hydrogen (secondary N) is 1. The molecule has 0 saturated carbocycles. The largest absolute Gasteiger partial charge is 0.481 e. The van der Waals surface area contributed by atoms with Gasteiger partial charge in [-0.3, -0.25) is 9.59 Å².